The predicted octanol–water partition coefficient (Wildman–Crippen LogP) is 4.16. The first kappa shape index (κ1) is 31.7. The molecule has 2 N–H and O–H groups in total. The van der Waals surface area contributed by atoms with Crippen molar-refractivity contribution in [1.29, 1.82) is 0 Å². The Bertz CT molecular complexity index is 1320. The van der Waals surface area contributed by atoms with E-state index in [1.54, 1.807) is 13.8 Å². The Hall–Kier alpha value is -2.87. The van der Waals surface area contributed by atoms with Gasteiger partial charge < -0.3 is 20.1 Å². The van der Waals surface area contributed by atoms with E-state index in [0.29, 0.717) is 5.02 Å². The summed E-state index contributed by atoms with van der Waals surface area (Å²) in [7, 11) is -2.51. The van der Waals surface area contributed by atoms with E-state index in [9.17, 15) is 36.3 Å². The lowest BCUT2D eigenvalue weighted by Gasteiger charge is -2.38. The lowest BCUT2D eigenvalue weighted by atomic mass is 9.99. The van der Waals surface area contributed by atoms with Gasteiger partial charge in [-0.15, -0.1) is 0 Å². The van der Waals surface area contributed by atoms with Crippen LogP contribution in [-0.4, -0.2) is 79.6 Å². The number of carbonyl (C=O) groups is 2. The maximum absolute atomic E-state index is 13.5. The van der Waals surface area contributed by atoms with E-state index in [2.05, 4.69) is 5.32 Å². The van der Waals surface area contributed by atoms with Crippen LogP contribution in [-0.2, 0) is 14.8 Å². The van der Waals surface area contributed by atoms with Crippen molar-refractivity contribution < 1.29 is 41.0 Å². The molecule has 2 amide bonds. The number of likely N-dealkylation sites (N-methyl/N-ethyl adjacent to an activating group) is 1. The molecule has 0 bridgehead atoms. The molecule has 0 unspecified atom stereocenters. The highest BCUT2D eigenvalue weighted by molar-refractivity contribution is 7.89. The molecule has 0 aromatic heterocycles. The number of carbonyl (C=O) groups excluding carboxylic acids is 2. The average Bonchev–Trinajstić information content (AvgIpc) is 2.89. The molecule has 0 spiro atoms. The number of rotatable bonds is 9. The van der Waals surface area contributed by atoms with Gasteiger partial charge in [0.1, 0.15) is 11.9 Å². The van der Waals surface area contributed by atoms with Crippen molar-refractivity contribution in [3.05, 3.63) is 53.1 Å². The van der Waals surface area contributed by atoms with E-state index in [1.807, 2.05) is 0 Å². The van der Waals surface area contributed by atoms with E-state index in [-0.39, 0.29) is 47.5 Å². The largest absolute Gasteiger partial charge is 0.488 e. The number of amides is 2. The fraction of sp³-hybridized carbons (Fsp3) is 0.462. The number of alkyl halides is 3. The summed E-state index contributed by atoms with van der Waals surface area (Å²) >= 11 is 5.89. The smallest absolute Gasteiger partial charge is 0.389 e. The van der Waals surface area contributed by atoms with Gasteiger partial charge in [-0.25, -0.2) is 8.42 Å². The van der Waals surface area contributed by atoms with Gasteiger partial charge in [-0.3, -0.25) is 9.59 Å². The van der Waals surface area contributed by atoms with Crippen LogP contribution in [0, 0.1) is 5.92 Å². The molecule has 2 aromatic carbocycles. The Balaban J connectivity index is 1.91. The maximum atomic E-state index is 13.5. The molecular formula is C26H31ClF3N3O6S. The van der Waals surface area contributed by atoms with Crippen molar-refractivity contribution in [1.82, 2.24) is 9.21 Å². The number of anilines is 1. The van der Waals surface area contributed by atoms with E-state index in [4.69, 9.17) is 16.3 Å². The predicted molar refractivity (Wildman–Crippen MR) is 143 cm³/mol. The summed E-state index contributed by atoms with van der Waals surface area (Å²) in [5.74, 6) is -1.68. The molecule has 9 nitrogen and oxygen atoms in total. The standard InChI is InChI=1S/C26H31ClF3N3O6S/c1-16-13-33(17(2)15-34)25(36)21-12-19(31-24(35)10-11-26(28,29)30)6-9-22(21)39-23(16)14-32(3)40(37,38)20-7-4-18(27)5-8-20/h4-9,12,16-17,23,34H,10-11,13-15H2,1-3H3,(H,31,35)/t16-,17+,23-/m1/s1. The van der Waals surface area contributed by atoms with Crippen molar-refractivity contribution in [2.75, 3.05) is 32.1 Å². The van der Waals surface area contributed by atoms with Crippen LogP contribution in [0.2, 0.25) is 5.02 Å². The highest BCUT2D eigenvalue weighted by Gasteiger charge is 2.35. The number of aliphatic hydroxyl groups excluding tert-OH is 1. The van der Waals surface area contributed by atoms with E-state index in [0.717, 1.165) is 4.31 Å². The van der Waals surface area contributed by atoms with Crippen molar-refractivity contribution in [2.24, 2.45) is 5.92 Å². The Kier molecular flexibility index (Phi) is 10.1. The van der Waals surface area contributed by atoms with Crippen LogP contribution >= 0.6 is 11.6 Å². The number of halogens is 4. The van der Waals surface area contributed by atoms with Crippen LogP contribution < -0.4 is 10.1 Å². The second-order valence-corrected chi connectivity index (χ2v) is 12.2. The second kappa shape index (κ2) is 12.8. The molecule has 0 saturated heterocycles. The first-order valence-corrected chi connectivity index (χ1v) is 14.2. The molecule has 2 aromatic rings. The third-order valence-corrected chi connectivity index (χ3v) is 8.63. The van der Waals surface area contributed by atoms with Gasteiger partial charge in [-0.1, -0.05) is 18.5 Å². The molecule has 3 atom stereocenters. The summed E-state index contributed by atoms with van der Waals surface area (Å²) in [5.41, 5.74) is 0.0983. The number of sulfonamides is 1. The third-order valence-electron chi connectivity index (χ3n) is 6.54. The monoisotopic (exact) mass is 605 g/mol. The summed E-state index contributed by atoms with van der Waals surface area (Å²) in [4.78, 5) is 27.0. The highest BCUT2D eigenvalue weighted by atomic mass is 35.5. The molecule has 0 fully saturated rings. The maximum Gasteiger partial charge on any atom is 0.389 e. The summed E-state index contributed by atoms with van der Waals surface area (Å²) in [6.45, 7) is 3.11. The van der Waals surface area contributed by atoms with Gasteiger partial charge in [0.25, 0.3) is 5.91 Å². The van der Waals surface area contributed by atoms with Crippen molar-refractivity contribution in [3.63, 3.8) is 0 Å². The summed E-state index contributed by atoms with van der Waals surface area (Å²) < 4.78 is 71.1. The Morgan fingerprint density at radius 1 is 1.25 bits per heavy atom. The third kappa shape index (κ3) is 7.87. The number of hydrogen-bond acceptors (Lipinski definition) is 6. The minimum atomic E-state index is -4.49. The number of nitrogens with one attached hydrogen (secondary N) is 1. The van der Waals surface area contributed by atoms with Gasteiger partial charge in [-0.2, -0.15) is 17.5 Å². The first-order valence-electron chi connectivity index (χ1n) is 12.4. The minimum Gasteiger partial charge on any atom is -0.488 e. The first-order chi connectivity index (χ1) is 18.6. The molecule has 1 aliphatic heterocycles. The Labute approximate surface area is 235 Å². The zero-order chi connectivity index (χ0) is 29.8. The highest BCUT2D eigenvalue weighted by Crippen LogP contribution is 2.31. The quantitative estimate of drug-likeness (QED) is 0.443. The molecule has 0 aliphatic carbocycles. The van der Waals surface area contributed by atoms with Crippen LogP contribution in [0.3, 0.4) is 0 Å². The van der Waals surface area contributed by atoms with Crippen LogP contribution in [0.5, 0.6) is 5.75 Å². The number of benzene rings is 2. The number of fused-ring (bicyclic) bond motifs is 1. The Morgan fingerprint density at radius 2 is 1.90 bits per heavy atom. The number of aliphatic hydroxyl groups is 1. The van der Waals surface area contributed by atoms with Gasteiger partial charge in [0, 0.05) is 36.6 Å². The van der Waals surface area contributed by atoms with Gasteiger partial charge in [0.05, 0.1) is 36.1 Å². The molecule has 1 heterocycles. The van der Waals surface area contributed by atoms with Gasteiger partial charge >= 0.3 is 6.18 Å². The lowest BCUT2D eigenvalue weighted by Crippen LogP contribution is -2.50. The van der Waals surface area contributed by atoms with Crippen LogP contribution in [0.1, 0.15) is 37.0 Å². The zero-order valence-electron chi connectivity index (χ0n) is 22.1. The summed E-state index contributed by atoms with van der Waals surface area (Å²) in [6, 6.07) is 9.17. The van der Waals surface area contributed by atoms with Crippen molar-refractivity contribution >= 4 is 39.1 Å². The van der Waals surface area contributed by atoms with Gasteiger partial charge in [-0.05, 0) is 49.4 Å². The number of ether oxygens (including phenoxy) is 1. The van der Waals surface area contributed by atoms with E-state index in [1.165, 1.54) is 54.4 Å². The zero-order valence-corrected chi connectivity index (χ0v) is 23.7. The minimum absolute atomic E-state index is 0.00836. The van der Waals surface area contributed by atoms with Crippen molar-refractivity contribution in [3.8, 4) is 5.75 Å². The molecule has 0 saturated carbocycles. The second-order valence-electron chi connectivity index (χ2n) is 9.74. The number of nitrogens with zero attached hydrogens (tertiary/aromatic N) is 2. The normalized spacial score (nSPS) is 18.9. The molecule has 0 radical (unpaired) electrons. The topological polar surface area (TPSA) is 116 Å². The summed E-state index contributed by atoms with van der Waals surface area (Å²) in [6.07, 6.45) is -7.31. The van der Waals surface area contributed by atoms with Gasteiger partial charge in [0.2, 0.25) is 15.9 Å². The van der Waals surface area contributed by atoms with Crippen molar-refractivity contribution in [2.45, 2.75) is 49.9 Å². The summed E-state index contributed by atoms with van der Waals surface area (Å²) in [5, 5.41) is 12.5. The molecule has 3 rings (SSSR count). The molecular weight excluding hydrogens is 575 g/mol. The SMILES string of the molecule is C[C@@H]1CN([C@@H](C)CO)C(=O)c2cc(NC(=O)CCC(F)(F)F)ccc2O[C@@H]1CN(C)S(=O)(=O)c1ccc(Cl)cc1. The Morgan fingerprint density at radius 3 is 2.50 bits per heavy atom. The van der Waals surface area contributed by atoms with Crippen LogP contribution in [0.15, 0.2) is 47.4 Å². The molecule has 220 valence electrons. The van der Waals surface area contributed by atoms with E-state index >= 15 is 0 Å². The molecule has 1 aliphatic rings. The van der Waals surface area contributed by atoms with Crippen LogP contribution in [0.25, 0.3) is 0 Å². The van der Waals surface area contributed by atoms with Crippen LogP contribution in [0.4, 0.5) is 18.9 Å². The average molecular weight is 606 g/mol. The van der Waals surface area contributed by atoms with Gasteiger partial charge in [0.15, 0.2) is 0 Å². The fourth-order valence-corrected chi connectivity index (χ4v) is 5.44. The molecule has 40 heavy (non-hydrogen) atoms. The van der Waals surface area contributed by atoms with E-state index < -0.39 is 53.0 Å². The fourth-order valence-electron chi connectivity index (χ4n) is 4.14. The molecule has 14 heteroatoms. The number of hydrogen-bond donors (Lipinski definition) is 2. The lowest BCUT2D eigenvalue weighted by molar-refractivity contribution is -0.142.